The lowest BCUT2D eigenvalue weighted by Gasteiger charge is -2.08. The fraction of sp³-hybridized carbons (Fsp3) is 0.912. The van der Waals surface area contributed by atoms with Crippen LogP contribution in [-0.4, -0.2) is 191 Å². The Bertz CT molecular complexity index is 2030. The number of esters is 8. The largest absolute Gasteiger partial charge is 0.467 e. The van der Waals surface area contributed by atoms with Gasteiger partial charge in [0.2, 0.25) is 0 Å². The Labute approximate surface area is 701 Å². The van der Waals surface area contributed by atoms with Crippen molar-refractivity contribution in [3.05, 3.63) is 0 Å². The molecule has 0 saturated carbocycles. The molecule has 0 fully saturated rings. The molecule has 8 atom stereocenters. The van der Waals surface area contributed by atoms with Gasteiger partial charge in [-0.25, -0.2) is 38.4 Å². The van der Waals surface area contributed by atoms with E-state index in [1.165, 1.54) is 187 Å². The van der Waals surface area contributed by atoms with Crippen molar-refractivity contribution in [2.75, 3.05) is 53.4 Å². The summed E-state index contributed by atoms with van der Waals surface area (Å²) in [6.45, 7) is 31.9. The highest BCUT2D eigenvalue weighted by Gasteiger charge is 2.19. The molecule has 0 aliphatic carbocycles. The van der Waals surface area contributed by atoms with E-state index in [1.807, 2.05) is 13.8 Å². The van der Waals surface area contributed by atoms with E-state index >= 15 is 0 Å². The van der Waals surface area contributed by atoms with Gasteiger partial charge in [0.1, 0.15) is 0 Å². The van der Waals surface area contributed by atoms with Gasteiger partial charge in [0.25, 0.3) is 0 Å². The molecule has 24 heteroatoms. The number of rotatable bonds is 67. The van der Waals surface area contributed by atoms with Gasteiger partial charge in [-0.3, -0.25) is 0 Å². The number of carbonyl (C=O) groups is 8. The molecule has 0 aromatic rings. The minimum absolute atomic E-state index is 0.335. The van der Waals surface area contributed by atoms with Crippen LogP contribution in [0.3, 0.4) is 0 Å². The molecule has 0 aromatic heterocycles. The van der Waals surface area contributed by atoms with E-state index < -0.39 is 96.6 Å². The highest BCUT2D eigenvalue weighted by molar-refractivity contribution is 5.76. The molecule has 0 spiro atoms. The summed E-state index contributed by atoms with van der Waals surface area (Å²) in [6, 6.07) is 0. The Morgan fingerprint density at radius 3 is 0.522 bits per heavy atom. The van der Waals surface area contributed by atoms with Gasteiger partial charge in [-0.1, -0.05) is 340 Å². The predicted octanol–water partition coefficient (Wildman–Crippen LogP) is 19.3. The van der Waals surface area contributed by atoms with Crippen molar-refractivity contribution in [2.24, 2.45) is 0 Å². The van der Waals surface area contributed by atoms with Crippen LogP contribution in [0.4, 0.5) is 0 Å². The molecule has 0 aliphatic heterocycles. The maximum atomic E-state index is 11.3. The first-order chi connectivity index (χ1) is 55.2. The van der Waals surface area contributed by atoms with E-state index in [9.17, 15) is 53.7 Å². The van der Waals surface area contributed by atoms with Crippen LogP contribution in [0.5, 0.6) is 0 Å². The number of hydrogen-bond donors (Lipinski definition) is 8. The van der Waals surface area contributed by atoms with Gasteiger partial charge in [-0.2, -0.15) is 0 Å². The van der Waals surface area contributed by atoms with E-state index in [2.05, 4.69) is 48.8 Å². The summed E-state index contributed by atoms with van der Waals surface area (Å²) in [5.74, 6) is -3.96. The van der Waals surface area contributed by atoms with Gasteiger partial charge in [0.15, 0.2) is 48.8 Å². The molecule has 0 bridgehead atoms. The molecule has 0 saturated heterocycles. The van der Waals surface area contributed by atoms with Crippen LogP contribution < -0.4 is 0 Å². The number of aliphatic hydroxyl groups is 8. The van der Waals surface area contributed by atoms with Gasteiger partial charge in [-0.15, -0.1) is 0 Å². The maximum absolute atomic E-state index is 11.3. The number of unbranched alkanes of at least 4 members (excludes halogenated alkanes) is 37. The summed E-state index contributed by atoms with van der Waals surface area (Å²) >= 11 is 0. The van der Waals surface area contributed by atoms with Crippen molar-refractivity contribution in [1.29, 1.82) is 0 Å². The van der Waals surface area contributed by atoms with Gasteiger partial charge >= 0.3 is 47.8 Å². The van der Waals surface area contributed by atoms with Crippen LogP contribution >= 0.6 is 0 Å². The van der Waals surface area contributed by atoms with E-state index in [1.54, 1.807) is 55.4 Å². The van der Waals surface area contributed by atoms with Crippen molar-refractivity contribution in [2.45, 2.75) is 487 Å². The molecular formula is C91H182O24. The fourth-order valence-electron chi connectivity index (χ4n) is 10.2. The van der Waals surface area contributed by atoms with Crippen molar-refractivity contribution >= 4 is 47.8 Å². The number of ether oxygens (including phenoxy) is 8. The van der Waals surface area contributed by atoms with Gasteiger partial charge in [0.05, 0.1) is 53.4 Å². The van der Waals surface area contributed by atoms with Crippen LogP contribution in [-0.2, 0) is 76.3 Å². The highest BCUT2D eigenvalue weighted by Crippen LogP contribution is 2.16. The first kappa shape index (κ1) is 126. The number of methoxy groups -OCH3 is 1. The Morgan fingerprint density at radius 2 is 0.339 bits per heavy atom. The molecule has 8 N–H and O–H groups in total. The van der Waals surface area contributed by atoms with Gasteiger partial charge in [-0.05, 0) is 97.3 Å². The average molecular weight is 1660 g/mol. The second-order valence-electron chi connectivity index (χ2n) is 29.1. The molecule has 8 unspecified atom stereocenters. The topological polar surface area (TPSA) is 372 Å². The monoisotopic (exact) mass is 1660 g/mol. The normalized spacial score (nSPS) is 12.5. The lowest BCUT2D eigenvalue weighted by Crippen LogP contribution is -2.22. The van der Waals surface area contributed by atoms with Gasteiger partial charge in [0, 0.05) is 0 Å². The standard InChI is InChI=1S/C22H44O3.C16H32O3.C12H24O3.2C10H20O3.2C8H16O3.C5H10O3/c1-3-5-6-7-8-9-10-11-12-13-14-15-16-17-18-19-20-25-22(24)21(23)4-2;1-3-5-6-7-8-9-10-11-12-13-14-19-16(18)15(17)4-2;1-3-5-6-7-8-9-10-15-12(14)11(13)4-2;1-3-5-6-7-8-9(11)10(12)13-4-2;1-3-5-6-7-8-13-10(12)9(11)4-2;1-3-5-6-7(9)8(10)11-4-2;1-3-5-6-11-8(10)7(9)4-2;1-3-4(6)5(7)8-2/h21,23H,3-20H2,1-2H3;15,17H,3-14H2,1-2H3;11,13H,3-10H2,1-2H3;2*9,11H,3-8H2,1-2H3;2*7,9H,3-6H2,1-2H3;4,6H,3H2,1-2H3. The summed E-state index contributed by atoms with van der Waals surface area (Å²) in [7, 11) is 1.25. The second kappa shape index (κ2) is 106. The quantitative estimate of drug-likeness (QED) is 0.0159. The van der Waals surface area contributed by atoms with E-state index in [-0.39, 0.29) is 0 Å². The first-order valence-electron chi connectivity index (χ1n) is 45.9. The third kappa shape index (κ3) is 104. The molecule has 0 rings (SSSR count). The highest BCUT2D eigenvalue weighted by atomic mass is 16.6. The maximum Gasteiger partial charge on any atom is 0.334 e. The number of aliphatic hydroxyl groups excluding tert-OH is 8. The molecule has 115 heavy (non-hydrogen) atoms. The molecular weight excluding hydrogens is 1480 g/mol. The SMILES string of the molecule is CCC(O)C(=O)OC.CCCCC(O)C(=O)OCC.CCCCCCC(O)C(=O)OCC.CCCCCCCCCCCCCCCCCCOC(=O)C(O)CC.CCCCCCCCCCCCOC(=O)C(O)CC.CCCCCCCCOC(=O)C(O)CC.CCCCCCOC(=O)C(O)CC.CCCCOC(=O)C(O)CC. The zero-order chi connectivity index (χ0) is 88.6. The molecule has 690 valence electrons. The predicted molar refractivity (Wildman–Crippen MR) is 462 cm³/mol. The van der Waals surface area contributed by atoms with Crippen molar-refractivity contribution in [3.63, 3.8) is 0 Å². The zero-order valence-corrected chi connectivity index (χ0v) is 76.4. The Kier molecular flexibility index (Phi) is 116. The van der Waals surface area contributed by atoms with Crippen molar-refractivity contribution in [1.82, 2.24) is 0 Å². The summed E-state index contributed by atoms with van der Waals surface area (Å²) in [5, 5.41) is 72.7. The minimum Gasteiger partial charge on any atom is -0.467 e. The van der Waals surface area contributed by atoms with Crippen LogP contribution in [0.1, 0.15) is 438 Å². The molecule has 0 amide bonds. The summed E-state index contributed by atoms with van der Waals surface area (Å²) in [4.78, 5) is 87.2. The molecule has 0 aromatic carbocycles. The summed E-state index contributed by atoms with van der Waals surface area (Å²) in [6.07, 6.45) is 49.5. The van der Waals surface area contributed by atoms with Crippen LogP contribution in [0.2, 0.25) is 0 Å². The van der Waals surface area contributed by atoms with Crippen LogP contribution in [0.25, 0.3) is 0 Å². The third-order valence-electron chi connectivity index (χ3n) is 18.1. The number of hydrogen-bond acceptors (Lipinski definition) is 24. The molecule has 24 nitrogen and oxygen atoms in total. The first-order valence-corrected chi connectivity index (χ1v) is 45.9. The Balaban J connectivity index is -0.000000194. The molecule has 0 aliphatic rings. The minimum atomic E-state index is -0.944. The molecule has 0 heterocycles. The smallest absolute Gasteiger partial charge is 0.334 e. The van der Waals surface area contributed by atoms with Crippen molar-refractivity contribution < 1.29 is 117 Å². The zero-order valence-electron chi connectivity index (χ0n) is 76.4. The lowest BCUT2D eigenvalue weighted by molar-refractivity contribution is -0.154. The summed E-state index contributed by atoms with van der Waals surface area (Å²) in [5.41, 5.74) is 0. The third-order valence-corrected chi connectivity index (χ3v) is 18.1. The van der Waals surface area contributed by atoms with E-state index in [4.69, 9.17) is 49.2 Å². The molecule has 0 radical (unpaired) electrons. The number of carbonyl (C=O) groups excluding carboxylic acids is 8. The van der Waals surface area contributed by atoms with E-state index in [0.717, 1.165) is 103 Å². The second-order valence-corrected chi connectivity index (χ2v) is 29.1. The fourth-order valence-corrected chi connectivity index (χ4v) is 10.2. The lowest BCUT2D eigenvalue weighted by atomic mass is 10.0. The van der Waals surface area contributed by atoms with Crippen molar-refractivity contribution in [3.8, 4) is 0 Å². The summed E-state index contributed by atoms with van der Waals surface area (Å²) < 4.78 is 38.0. The van der Waals surface area contributed by atoms with Gasteiger partial charge < -0.3 is 78.7 Å². The average Bonchev–Trinajstić information content (AvgIpc) is 0.985. The Hall–Kier alpha value is -4.56. The van der Waals surface area contributed by atoms with E-state index in [0.29, 0.717) is 97.6 Å². The van der Waals surface area contributed by atoms with Crippen LogP contribution in [0, 0.1) is 0 Å². The van der Waals surface area contributed by atoms with Crippen LogP contribution in [0.15, 0.2) is 0 Å². The Morgan fingerprint density at radius 1 is 0.183 bits per heavy atom.